The number of hydrogen-bond donors (Lipinski definition) is 0. The van der Waals surface area contributed by atoms with Crippen LogP contribution in [0.3, 0.4) is 0 Å². The van der Waals surface area contributed by atoms with Gasteiger partial charge in [-0.2, -0.15) is 0 Å². The van der Waals surface area contributed by atoms with Crippen LogP contribution in [0.2, 0.25) is 38.3 Å². The quantitative estimate of drug-likeness (QED) is 0.0554. The van der Waals surface area contributed by atoms with Gasteiger partial charge in [0.25, 0.3) is 0 Å². The molecule has 0 bridgehead atoms. The van der Waals surface area contributed by atoms with Crippen LogP contribution in [0.1, 0.15) is 142 Å². The Labute approximate surface area is 236 Å². The van der Waals surface area contributed by atoms with E-state index in [2.05, 4.69) is 40.0 Å². The molecule has 3 nitrogen and oxygen atoms in total. The van der Waals surface area contributed by atoms with E-state index in [1.54, 1.807) is 14.2 Å². The molecule has 224 valence electrons. The fourth-order valence-corrected chi connectivity index (χ4v) is 28.3. The maximum atomic E-state index is 13.9. The monoisotopic (exact) mass is 576 g/mol. The van der Waals surface area contributed by atoms with Crippen molar-refractivity contribution in [2.24, 2.45) is 0 Å². The summed E-state index contributed by atoms with van der Waals surface area (Å²) in [6, 6.07) is 2.50. The van der Waals surface area contributed by atoms with Gasteiger partial charge in [0.1, 0.15) is 0 Å². The first-order chi connectivity index (χ1) is 17.6. The van der Waals surface area contributed by atoms with E-state index in [9.17, 15) is 4.57 Å². The number of hydrogen-bond acceptors (Lipinski definition) is 3. The first kappa shape index (κ1) is 37.6. The Morgan fingerprint density at radius 2 is 0.730 bits per heavy atom. The van der Waals surface area contributed by atoms with Crippen LogP contribution in [0.5, 0.6) is 0 Å². The van der Waals surface area contributed by atoms with E-state index in [0.717, 1.165) is 0 Å². The Kier molecular flexibility index (Phi) is 22.6. The van der Waals surface area contributed by atoms with Gasteiger partial charge in [0.2, 0.25) is 0 Å². The average Bonchev–Trinajstić information content (AvgIpc) is 2.85. The third-order valence-corrected chi connectivity index (χ3v) is 27.3. The van der Waals surface area contributed by atoms with Crippen molar-refractivity contribution in [1.29, 1.82) is 0 Å². The van der Waals surface area contributed by atoms with Gasteiger partial charge in [0, 0.05) is 19.1 Å². The Bertz CT molecular complexity index is 525. The zero-order valence-corrected chi connectivity index (χ0v) is 29.7. The standard InChI is InChI=1S/C31H69O3PSi2/c1-9-11-13-15-17-19-21-23-25-27-29-36(5,6)31(35(32,33-3)34-4)37(7,8)30-28-26-24-22-20-18-16-14-12-10-2/h31H,9-30H2,1-8H3. The molecule has 0 fully saturated rings. The van der Waals surface area contributed by atoms with Gasteiger partial charge in [0.05, 0.1) is 16.1 Å². The van der Waals surface area contributed by atoms with Crippen molar-refractivity contribution in [3.63, 3.8) is 0 Å². The summed E-state index contributed by atoms with van der Waals surface area (Å²) in [5.74, 6) is 0. The highest BCUT2D eigenvalue weighted by atomic mass is 31.2. The van der Waals surface area contributed by atoms with Crippen molar-refractivity contribution in [2.75, 3.05) is 14.2 Å². The third kappa shape index (κ3) is 17.1. The van der Waals surface area contributed by atoms with Crippen LogP contribution in [-0.4, -0.2) is 35.3 Å². The van der Waals surface area contributed by atoms with E-state index in [1.165, 1.54) is 141 Å². The van der Waals surface area contributed by atoms with Gasteiger partial charge in [-0.05, 0) is 0 Å². The van der Waals surface area contributed by atoms with Gasteiger partial charge in [-0.15, -0.1) is 0 Å². The summed E-state index contributed by atoms with van der Waals surface area (Å²) in [6.07, 6.45) is 27.4. The molecular weight excluding hydrogens is 507 g/mol. The molecule has 0 aliphatic carbocycles. The molecule has 6 heteroatoms. The molecule has 0 aromatic heterocycles. The first-order valence-electron chi connectivity index (χ1n) is 16.3. The van der Waals surface area contributed by atoms with Crippen molar-refractivity contribution >= 4 is 23.7 Å². The Morgan fingerprint density at radius 3 is 0.973 bits per heavy atom. The van der Waals surface area contributed by atoms with E-state index in [1.807, 2.05) is 0 Å². The third-order valence-electron chi connectivity index (χ3n) is 8.65. The summed E-state index contributed by atoms with van der Waals surface area (Å²) in [7, 11) is -3.40. The maximum Gasteiger partial charge on any atom is 0.327 e. The zero-order valence-electron chi connectivity index (χ0n) is 26.8. The second-order valence-corrected chi connectivity index (χ2v) is 27.1. The Hall–Kier alpha value is 0.584. The molecule has 0 amide bonds. The van der Waals surface area contributed by atoms with Crippen LogP contribution in [0.4, 0.5) is 0 Å². The van der Waals surface area contributed by atoms with Crippen molar-refractivity contribution in [3.05, 3.63) is 0 Å². The fourth-order valence-electron chi connectivity index (χ4n) is 6.61. The van der Waals surface area contributed by atoms with Crippen molar-refractivity contribution in [1.82, 2.24) is 0 Å². The maximum absolute atomic E-state index is 13.9. The minimum absolute atomic E-state index is 0.180. The molecule has 0 spiro atoms. The summed E-state index contributed by atoms with van der Waals surface area (Å²) < 4.78 is 25.4. The van der Waals surface area contributed by atoms with Crippen LogP contribution < -0.4 is 0 Å². The lowest BCUT2D eigenvalue weighted by molar-refractivity contribution is 0.276. The summed E-state index contributed by atoms with van der Waals surface area (Å²) in [5.41, 5.74) is 0. The van der Waals surface area contributed by atoms with Gasteiger partial charge in [0.15, 0.2) is 0 Å². The van der Waals surface area contributed by atoms with Crippen LogP contribution in [0.25, 0.3) is 0 Å². The van der Waals surface area contributed by atoms with Crippen LogP contribution in [-0.2, 0) is 13.6 Å². The minimum Gasteiger partial charge on any atom is -0.312 e. The van der Waals surface area contributed by atoms with Crippen molar-refractivity contribution in [3.8, 4) is 0 Å². The largest absolute Gasteiger partial charge is 0.327 e. The zero-order chi connectivity index (χ0) is 28.0. The molecule has 0 heterocycles. The number of rotatable bonds is 27. The average molecular weight is 577 g/mol. The molecular formula is C31H69O3PSi2. The van der Waals surface area contributed by atoms with Gasteiger partial charge < -0.3 is 9.05 Å². The van der Waals surface area contributed by atoms with E-state index in [-0.39, 0.29) is 4.91 Å². The predicted molar refractivity (Wildman–Crippen MR) is 174 cm³/mol. The molecule has 0 unspecified atom stereocenters. The summed E-state index contributed by atoms with van der Waals surface area (Å²) >= 11 is 0. The molecule has 0 aliphatic rings. The lowest BCUT2D eigenvalue weighted by Gasteiger charge is -2.44. The van der Waals surface area contributed by atoms with E-state index in [4.69, 9.17) is 9.05 Å². The van der Waals surface area contributed by atoms with Gasteiger partial charge in [-0.1, -0.05) is 181 Å². The first-order valence-corrected chi connectivity index (χ1v) is 24.5. The smallest absolute Gasteiger partial charge is 0.312 e. The van der Waals surface area contributed by atoms with Crippen LogP contribution in [0, 0.1) is 0 Å². The fraction of sp³-hybridized carbons (Fsp3) is 1.00. The summed E-state index contributed by atoms with van der Waals surface area (Å²) in [4.78, 5) is 0.180. The van der Waals surface area contributed by atoms with E-state index < -0.39 is 23.7 Å². The molecule has 0 atom stereocenters. The van der Waals surface area contributed by atoms with Gasteiger partial charge >= 0.3 is 7.60 Å². The highest BCUT2D eigenvalue weighted by Crippen LogP contribution is 2.59. The SMILES string of the molecule is CCCCCCCCCCCC[Si](C)(C)C([Si](C)(C)CCCCCCCCCCCC)P(=O)(OC)OC. The molecule has 0 aliphatic heterocycles. The van der Waals surface area contributed by atoms with Crippen molar-refractivity contribution in [2.45, 2.75) is 185 Å². The molecule has 0 saturated heterocycles. The highest BCUT2D eigenvalue weighted by Gasteiger charge is 2.54. The van der Waals surface area contributed by atoms with Gasteiger partial charge in [-0.25, -0.2) is 0 Å². The molecule has 0 aromatic rings. The highest BCUT2D eigenvalue weighted by molar-refractivity contribution is 7.62. The molecule has 0 saturated carbocycles. The second-order valence-electron chi connectivity index (χ2n) is 13.1. The van der Waals surface area contributed by atoms with Crippen LogP contribution >= 0.6 is 7.60 Å². The molecule has 37 heavy (non-hydrogen) atoms. The molecule has 0 aromatic carbocycles. The Balaban J connectivity index is 4.66. The summed E-state index contributed by atoms with van der Waals surface area (Å²) in [5, 5.41) is 0. The normalized spacial score (nSPS) is 13.1. The topological polar surface area (TPSA) is 35.5 Å². The molecule has 0 radical (unpaired) electrons. The lowest BCUT2D eigenvalue weighted by Crippen LogP contribution is -2.57. The summed E-state index contributed by atoms with van der Waals surface area (Å²) in [6.45, 7) is 14.5. The Morgan fingerprint density at radius 1 is 0.486 bits per heavy atom. The number of unbranched alkanes of at least 4 members (excludes halogenated alkanes) is 18. The van der Waals surface area contributed by atoms with Crippen LogP contribution in [0.15, 0.2) is 0 Å². The molecule has 0 N–H and O–H groups in total. The molecule has 0 rings (SSSR count). The van der Waals surface area contributed by atoms with Gasteiger partial charge in [-0.3, -0.25) is 4.57 Å². The van der Waals surface area contributed by atoms with E-state index >= 15 is 0 Å². The van der Waals surface area contributed by atoms with Crippen molar-refractivity contribution < 1.29 is 13.6 Å². The predicted octanol–water partition coefficient (Wildman–Crippen LogP) is 12.2. The van der Waals surface area contributed by atoms with E-state index in [0.29, 0.717) is 0 Å². The minimum atomic E-state index is -3.07. The lowest BCUT2D eigenvalue weighted by atomic mass is 10.1. The second kappa shape index (κ2) is 22.3.